The van der Waals surface area contributed by atoms with Crippen LogP contribution < -0.4 is 16.0 Å². The Balaban J connectivity index is 0.729. The molecule has 5 aliphatic rings. The van der Waals surface area contributed by atoms with Gasteiger partial charge in [-0.15, -0.1) is 11.3 Å². The summed E-state index contributed by atoms with van der Waals surface area (Å²) in [4.78, 5) is 79.6. The minimum atomic E-state index is -1.06. The van der Waals surface area contributed by atoms with Crippen molar-refractivity contribution in [3.05, 3.63) is 118 Å². The number of thiazole rings is 1. The fraction of sp³-hybridized carbons (Fsp3) is 0.388. The summed E-state index contributed by atoms with van der Waals surface area (Å²) in [5, 5.41) is 20.5. The van der Waals surface area contributed by atoms with Crippen molar-refractivity contribution in [2.45, 2.75) is 88.4 Å². The molecule has 0 aliphatic carbocycles. The zero-order chi connectivity index (χ0) is 45.5. The van der Waals surface area contributed by atoms with Crippen LogP contribution in [-0.4, -0.2) is 97.5 Å². The SMILES string of the molecule is N#Cc1cc(NC2CCC(=O)NC2=O)ccc1C1CCN(CC(=O)N2CCC(c3ccc(-c4cc(F)c5c(c4)C(=O)N(C(C(=O)Nc4nccs4)c4ncn6c4CCC6)C5)cc3)CC2)CC1. The highest BCUT2D eigenvalue weighted by molar-refractivity contribution is 7.13. The van der Waals surface area contributed by atoms with E-state index in [-0.39, 0.29) is 53.6 Å². The van der Waals surface area contributed by atoms with E-state index >= 15 is 4.39 Å². The third-order valence-electron chi connectivity index (χ3n) is 14.0. The maximum atomic E-state index is 16.0. The van der Waals surface area contributed by atoms with Gasteiger partial charge in [0.1, 0.15) is 11.9 Å². The standard InChI is InChI=1S/C49H49FN10O5S/c50-39-24-33(23-37-38(39)26-60(48(37)65)45(47(64)56-49-52-15-21-66-49)44-41-2-1-16-59(41)28-53-44)30-5-3-29(4-6-30)31-13-19-58(20-14-31)43(62)27-57-17-11-32(12-18-57)36-8-7-35(22-34(36)25-51)54-40-9-10-42(61)55-46(40)63/h3-8,15,21-24,28,31-32,40,45,54H,1-2,9-14,16-20,26-27H2,(H,52,56,64)(H,55,61,63). The van der Waals surface area contributed by atoms with Gasteiger partial charge in [0.25, 0.3) is 11.8 Å². The number of imide groups is 1. The van der Waals surface area contributed by atoms with Gasteiger partial charge in [-0.2, -0.15) is 5.26 Å². The molecule has 66 heavy (non-hydrogen) atoms. The second-order valence-electron chi connectivity index (χ2n) is 17.9. The quantitative estimate of drug-likeness (QED) is 0.131. The molecule has 2 atom stereocenters. The Morgan fingerprint density at radius 3 is 2.44 bits per heavy atom. The number of hydrogen-bond donors (Lipinski definition) is 3. The number of halogens is 1. The van der Waals surface area contributed by atoms with Crippen molar-refractivity contribution in [1.29, 1.82) is 5.26 Å². The highest BCUT2D eigenvalue weighted by atomic mass is 32.1. The predicted octanol–water partition coefficient (Wildman–Crippen LogP) is 6.10. The van der Waals surface area contributed by atoms with E-state index in [1.807, 2.05) is 33.7 Å². The Morgan fingerprint density at radius 1 is 0.909 bits per heavy atom. The molecule has 0 radical (unpaired) electrons. The molecule has 0 spiro atoms. The predicted molar refractivity (Wildman–Crippen MR) is 244 cm³/mol. The molecule has 5 amide bonds. The number of aryl methyl sites for hydroxylation is 1. The molecule has 3 aromatic carbocycles. The van der Waals surface area contributed by atoms with Crippen molar-refractivity contribution in [1.82, 2.24) is 34.6 Å². The number of amides is 5. The van der Waals surface area contributed by atoms with Crippen LogP contribution in [0.15, 0.2) is 72.5 Å². The highest BCUT2D eigenvalue weighted by Gasteiger charge is 2.42. The molecule has 3 fully saturated rings. The van der Waals surface area contributed by atoms with Crippen LogP contribution in [0.3, 0.4) is 0 Å². The van der Waals surface area contributed by atoms with Gasteiger partial charge in [-0.3, -0.25) is 39.5 Å². The molecule has 15 nitrogen and oxygen atoms in total. The maximum absolute atomic E-state index is 16.0. The fourth-order valence-electron chi connectivity index (χ4n) is 10.4. The number of nitriles is 1. The van der Waals surface area contributed by atoms with Crippen molar-refractivity contribution >= 4 is 51.7 Å². The lowest BCUT2D eigenvalue weighted by Crippen LogP contribution is -2.47. The van der Waals surface area contributed by atoms with Crippen LogP contribution in [0, 0.1) is 17.1 Å². The number of carbonyl (C=O) groups excluding carboxylic acids is 5. The topological polar surface area (TPSA) is 186 Å². The number of benzene rings is 3. The summed E-state index contributed by atoms with van der Waals surface area (Å²) in [5.74, 6) is -1.42. The van der Waals surface area contributed by atoms with Crippen molar-refractivity contribution in [2.75, 3.05) is 43.4 Å². The number of hydrogen-bond acceptors (Lipinski definition) is 11. The fourth-order valence-corrected chi connectivity index (χ4v) is 10.9. The highest BCUT2D eigenvalue weighted by Crippen LogP contribution is 2.39. The van der Waals surface area contributed by atoms with Crippen LogP contribution in [0.1, 0.15) is 107 Å². The third kappa shape index (κ3) is 8.58. The van der Waals surface area contributed by atoms with E-state index in [1.165, 1.54) is 22.3 Å². The summed E-state index contributed by atoms with van der Waals surface area (Å²) >= 11 is 1.28. The number of piperidine rings is 3. The first-order valence-corrected chi connectivity index (χ1v) is 23.6. The Kier molecular flexibility index (Phi) is 11.9. The van der Waals surface area contributed by atoms with Gasteiger partial charge in [0.05, 0.1) is 36.7 Å². The number of likely N-dealkylation sites (tertiary alicyclic amines) is 2. The van der Waals surface area contributed by atoms with Gasteiger partial charge >= 0.3 is 0 Å². The first-order chi connectivity index (χ1) is 32.1. The van der Waals surface area contributed by atoms with Gasteiger partial charge in [-0.1, -0.05) is 30.3 Å². The molecule has 3 N–H and O–H groups in total. The minimum Gasteiger partial charge on any atom is -0.374 e. The minimum absolute atomic E-state index is 0.0589. The third-order valence-corrected chi connectivity index (χ3v) is 14.7. The lowest BCUT2D eigenvalue weighted by molar-refractivity contribution is -0.134. The molecule has 3 saturated heterocycles. The Hall–Kier alpha value is -6.77. The number of rotatable bonds is 11. The van der Waals surface area contributed by atoms with Crippen molar-refractivity contribution in [2.24, 2.45) is 0 Å². The van der Waals surface area contributed by atoms with E-state index in [2.05, 4.69) is 49.0 Å². The molecular formula is C49H49FN10O5S. The second kappa shape index (κ2) is 18.2. The molecule has 5 aliphatic heterocycles. The molecule has 338 valence electrons. The Morgan fingerprint density at radius 2 is 1.70 bits per heavy atom. The Labute approximate surface area is 385 Å². The normalized spacial score (nSPS) is 19.6. The number of imidazole rings is 1. The van der Waals surface area contributed by atoms with Crippen LogP contribution in [0.25, 0.3) is 11.1 Å². The summed E-state index contributed by atoms with van der Waals surface area (Å²) in [6, 6.07) is 17.6. The van der Waals surface area contributed by atoms with E-state index in [4.69, 9.17) is 0 Å². The second-order valence-corrected chi connectivity index (χ2v) is 18.8. The molecule has 17 heteroatoms. The van der Waals surface area contributed by atoms with Gasteiger partial charge in [0.2, 0.25) is 17.7 Å². The lowest BCUT2D eigenvalue weighted by atomic mass is 9.86. The van der Waals surface area contributed by atoms with E-state index in [1.54, 1.807) is 30.0 Å². The van der Waals surface area contributed by atoms with Gasteiger partial charge in [-0.05, 0) is 116 Å². The van der Waals surface area contributed by atoms with Crippen LogP contribution in [0.5, 0.6) is 0 Å². The number of aromatic nitrogens is 3. The number of carbonyl (C=O) groups is 5. The first kappa shape index (κ1) is 43.1. The van der Waals surface area contributed by atoms with Crippen molar-refractivity contribution < 1.29 is 28.4 Å². The summed E-state index contributed by atoms with van der Waals surface area (Å²) in [6.45, 7) is 3.90. The van der Waals surface area contributed by atoms with Crippen LogP contribution in [0.2, 0.25) is 0 Å². The Bertz CT molecular complexity index is 2750. The number of anilines is 2. The van der Waals surface area contributed by atoms with Gasteiger partial charge in [-0.25, -0.2) is 14.4 Å². The molecule has 2 aromatic heterocycles. The van der Waals surface area contributed by atoms with Crippen molar-refractivity contribution in [3.63, 3.8) is 0 Å². The first-order valence-electron chi connectivity index (χ1n) is 22.7. The van der Waals surface area contributed by atoms with Gasteiger partial charge in [0.15, 0.2) is 11.2 Å². The lowest BCUT2D eigenvalue weighted by Gasteiger charge is -2.36. The number of nitrogens with one attached hydrogen (secondary N) is 3. The van der Waals surface area contributed by atoms with E-state index in [0.29, 0.717) is 53.7 Å². The van der Waals surface area contributed by atoms with Crippen molar-refractivity contribution in [3.8, 4) is 17.2 Å². The van der Waals surface area contributed by atoms with E-state index in [0.717, 1.165) is 80.5 Å². The average Bonchev–Trinajstić information content (AvgIpc) is 4.16. The number of fused-ring (bicyclic) bond motifs is 2. The maximum Gasteiger partial charge on any atom is 0.255 e. The number of nitrogens with zero attached hydrogens (tertiary/aromatic N) is 7. The monoisotopic (exact) mass is 908 g/mol. The summed E-state index contributed by atoms with van der Waals surface area (Å²) in [7, 11) is 0. The van der Waals surface area contributed by atoms with Crippen LogP contribution >= 0.6 is 11.3 Å². The van der Waals surface area contributed by atoms with E-state index < -0.39 is 29.7 Å². The molecule has 5 aromatic rings. The molecule has 2 unspecified atom stereocenters. The summed E-state index contributed by atoms with van der Waals surface area (Å²) < 4.78 is 18.0. The van der Waals surface area contributed by atoms with E-state index in [9.17, 15) is 29.2 Å². The van der Waals surface area contributed by atoms with Gasteiger partial charge < -0.3 is 19.7 Å². The zero-order valence-electron chi connectivity index (χ0n) is 36.3. The molecule has 7 heterocycles. The molecular weight excluding hydrogens is 860 g/mol. The zero-order valence-corrected chi connectivity index (χ0v) is 37.1. The van der Waals surface area contributed by atoms with Gasteiger partial charge in [0, 0.05) is 60.1 Å². The van der Waals surface area contributed by atoms with Crippen LogP contribution in [-0.2, 0) is 38.7 Å². The average molecular weight is 909 g/mol. The molecule has 10 rings (SSSR count). The molecule has 0 bridgehead atoms. The summed E-state index contributed by atoms with van der Waals surface area (Å²) in [5.41, 5.74) is 6.61. The largest absolute Gasteiger partial charge is 0.374 e. The van der Waals surface area contributed by atoms with Crippen LogP contribution in [0.4, 0.5) is 15.2 Å². The molecule has 0 saturated carbocycles. The smallest absolute Gasteiger partial charge is 0.255 e. The summed E-state index contributed by atoms with van der Waals surface area (Å²) in [6.07, 6.45) is 8.94.